The number of rotatable bonds is 8. The van der Waals surface area contributed by atoms with E-state index in [0.29, 0.717) is 24.5 Å². The predicted octanol–water partition coefficient (Wildman–Crippen LogP) is 6.75. The maximum Gasteiger partial charge on any atom is 0.319 e. The van der Waals surface area contributed by atoms with Crippen LogP contribution in [0.2, 0.25) is 0 Å². The average molecular weight is 479 g/mol. The van der Waals surface area contributed by atoms with E-state index in [1.807, 2.05) is 109 Å². The molecule has 0 bridgehead atoms. The minimum Gasteiger partial charge on any atom is -0.334 e. The number of anilines is 2. The van der Waals surface area contributed by atoms with Crippen LogP contribution < -0.4 is 21.3 Å². The molecule has 4 rings (SSSR count). The molecule has 4 amide bonds. The maximum atomic E-state index is 12.0. The number of amides is 4. The molecule has 8 nitrogen and oxygen atoms in total. The van der Waals surface area contributed by atoms with Gasteiger partial charge in [-0.3, -0.25) is 0 Å². The van der Waals surface area contributed by atoms with Gasteiger partial charge in [-0.2, -0.15) is 10.2 Å². The average Bonchev–Trinajstić information content (AvgIpc) is 2.92. The molecule has 0 saturated heterocycles. The van der Waals surface area contributed by atoms with E-state index in [1.165, 1.54) is 0 Å². The number of urea groups is 2. The zero-order chi connectivity index (χ0) is 25.0. The van der Waals surface area contributed by atoms with Gasteiger partial charge >= 0.3 is 12.1 Å². The van der Waals surface area contributed by atoms with E-state index in [2.05, 4.69) is 31.5 Å². The highest BCUT2D eigenvalue weighted by Crippen LogP contribution is 2.19. The summed E-state index contributed by atoms with van der Waals surface area (Å²) in [6, 6.07) is 33.0. The summed E-state index contributed by atoms with van der Waals surface area (Å²) in [6.07, 6.45) is 0. The number of hydrogen-bond donors (Lipinski definition) is 4. The van der Waals surface area contributed by atoms with Crippen LogP contribution in [0.25, 0.3) is 0 Å². The second-order valence-electron chi connectivity index (χ2n) is 7.88. The Hall–Kier alpha value is -4.98. The number of carbonyl (C=O) groups excluding carboxylic acids is 2. The minimum absolute atomic E-state index is 0.263. The summed E-state index contributed by atoms with van der Waals surface area (Å²) in [6.45, 7) is 0.796. The number of azo groups is 1. The predicted molar refractivity (Wildman–Crippen MR) is 142 cm³/mol. The Morgan fingerprint density at radius 2 is 0.861 bits per heavy atom. The molecule has 0 aliphatic rings. The summed E-state index contributed by atoms with van der Waals surface area (Å²) in [4.78, 5) is 24.0. The second kappa shape index (κ2) is 12.5. The number of nitrogens with zero attached hydrogens (tertiary/aromatic N) is 2. The van der Waals surface area contributed by atoms with Crippen molar-refractivity contribution in [2.75, 3.05) is 10.6 Å². The number of carbonyl (C=O) groups is 2. The molecule has 0 heterocycles. The molecule has 8 heteroatoms. The molecule has 4 N–H and O–H groups in total. The Morgan fingerprint density at radius 1 is 0.500 bits per heavy atom. The van der Waals surface area contributed by atoms with Crippen molar-refractivity contribution in [1.82, 2.24) is 10.6 Å². The number of nitrogens with one attached hydrogen (secondary N) is 4. The van der Waals surface area contributed by atoms with Gasteiger partial charge in [0.2, 0.25) is 0 Å². The Labute approximate surface area is 209 Å². The summed E-state index contributed by atoms with van der Waals surface area (Å²) < 4.78 is 0. The van der Waals surface area contributed by atoms with Gasteiger partial charge < -0.3 is 21.3 Å². The van der Waals surface area contributed by atoms with Crippen molar-refractivity contribution in [3.8, 4) is 0 Å². The Balaban J connectivity index is 1.21. The van der Waals surface area contributed by atoms with Crippen LogP contribution in [0.1, 0.15) is 11.1 Å². The van der Waals surface area contributed by atoms with Gasteiger partial charge in [-0.15, -0.1) is 0 Å². The first-order valence-corrected chi connectivity index (χ1v) is 11.4. The lowest BCUT2D eigenvalue weighted by atomic mass is 10.2. The van der Waals surface area contributed by atoms with Crippen molar-refractivity contribution >= 4 is 34.8 Å². The van der Waals surface area contributed by atoms with Crippen molar-refractivity contribution in [1.29, 1.82) is 0 Å². The van der Waals surface area contributed by atoms with Gasteiger partial charge in [0.05, 0.1) is 11.4 Å². The Kier molecular flexibility index (Phi) is 8.37. The van der Waals surface area contributed by atoms with Gasteiger partial charge in [0, 0.05) is 24.5 Å². The highest BCUT2D eigenvalue weighted by atomic mass is 16.2. The minimum atomic E-state index is -0.263. The van der Waals surface area contributed by atoms with Crippen LogP contribution in [0.15, 0.2) is 119 Å². The standard InChI is InChI=1S/C28H26N6O2/c35-27(31-23-7-3-1-4-8-23)29-19-21-11-15-25(16-12-21)33-34-26-17-13-22(14-18-26)20-30-28(36)32-24-9-5-2-6-10-24/h1-18H,19-20H2,(H2,29,31,35)(H2,30,32,36). The molecular weight excluding hydrogens is 452 g/mol. The zero-order valence-corrected chi connectivity index (χ0v) is 19.5. The molecule has 36 heavy (non-hydrogen) atoms. The maximum absolute atomic E-state index is 12.0. The SMILES string of the molecule is O=C(NCc1ccc(N=Nc2ccc(CNC(=O)Nc3ccccc3)cc2)cc1)Nc1ccccc1. The fourth-order valence-electron chi connectivity index (χ4n) is 3.23. The highest BCUT2D eigenvalue weighted by molar-refractivity contribution is 5.89. The van der Waals surface area contributed by atoms with Crippen LogP contribution in [-0.4, -0.2) is 12.1 Å². The molecule has 0 saturated carbocycles. The van der Waals surface area contributed by atoms with Crippen molar-refractivity contribution in [2.45, 2.75) is 13.1 Å². The molecule has 0 spiro atoms. The molecule has 4 aromatic rings. The lowest BCUT2D eigenvalue weighted by Crippen LogP contribution is -2.28. The third-order valence-corrected chi connectivity index (χ3v) is 5.12. The lowest BCUT2D eigenvalue weighted by molar-refractivity contribution is 0.251. The van der Waals surface area contributed by atoms with Gasteiger partial charge in [0.15, 0.2) is 0 Å². The monoisotopic (exact) mass is 478 g/mol. The third-order valence-electron chi connectivity index (χ3n) is 5.12. The number of para-hydroxylation sites is 2. The molecular formula is C28H26N6O2. The molecule has 0 atom stereocenters. The molecule has 0 fully saturated rings. The van der Waals surface area contributed by atoms with Gasteiger partial charge in [0.25, 0.3) is 0 Å². The highest BCUT2D eigenvalue weighted by Gasteiger charge is 2.03. The van der Waals surface area contributed by atoms with Crippen molar-refractivity contribution in [3.63, 3.8) is 0 Å². The van der Waals surface area contributed by atoms with E-state index in [-0.39, 0.29) is 12.1 Å². The summed E-state index contributed by atoms with van der Waals surface area (Å²) >= 11 is 0. The first-order chi connectivity index (χ1) is 17.6. The van der Waals surface area contributed by atoms with E-state index in [1.54, 1.807) is 0 Å². The van der Waals surface area contributed by atoms with E-state index in [0.717, 1.165) is 22.5 Å². The second-order valence-corrected chi connectivity index (χ2v) is 7.88. The molecule has 0 radical (unpaired) electrons. The number of benzene rings is 4. The van der Waals surface area contributed by atoms with Crippen LogP contribution in [0.3, 0.4) is 0 Å². The molecule has 4 aromatic carbocycles. The molecule has 180 valence electrons. The van der Waals surface area contributed by atoms with Crippen molar-refractivity contribution in [3.05, 3.63) is 120 Å². The zero-order valence-electron chi connectivity index (χ0n) is 19.5. The van der Waals surface area contributed by atoms with Gasteiger partial charge in [-0.1, -0.05) is 60.7 Å². The fourth-order valence-corrected chi connectivity index (χ4v) is 3.23. The van der Waals surface area contributed by atoms with E-state index in [4.69, 9.17) is 0 Å². The topological polar surface area (TPSA) is 107 Å². The first-order valence-electron chi connectivity index (χ1n) is 11.4. The van der Waals surface area contributed by atoms with Gasteiger partial charge in [0.1, 0.15) is 0 Å². The van der Waals surface area contributed by atoms with Crippen LogP contribution >= 0.6 is 0 Å². The van der Waals surface area contributed by atoms with Crippen molar-refractivity contribution < 1.29 is 9.59 Å². The molecule has 0 aliphatic carbocycles. The molecule has 0 aliphatic heterocycles. The van der Waals surface area contributed by atoms with Crippen LogP contribution in [0.4, 0.5) is 32.3 Å². The molecule has 0 unspecified atom stereocenters. The summed E-state index contributed by atoms with van der Waals surface area (Å²) in [5.74, 6) is 0. The van der Waals surface area contributed by atoms with E-state index >= 15 is 0 Å². The Morgan fingerprint density at radius 3 is 1.22 bits per heavy atom. The van der Waals surface area contributed by atoms with Crippen molar-refractivity contribution in [2.24, 2.45) is 10.2 Å². The van der Waals surface area contributed by atoms with E-state index < -0.39 is 0 Å². The van der Waals surface area contributed by atoms with Crippen LogP contribution in [0.5, 0.6) is 0 Å². The van der Waals surface area contributed by atoms with Crippen LogP contribution in [-0.2, 0) is 13.1 Å². The fraction of sp³-hybridized carbons (Fsp3) is 0.0714. The smallest absolute Gasteiger partial charge is 0.319 e. The number of hydrogen-bond acceptors (Lipinski definition) is 4. The lowest BCUT2D eigenvalue weighted by Gasteiger charge is -2.08. The molecule has 0 aromatic heterocycles. The van der Waals surface area contributed by atoms with E-state index in [9.17, 15) is 9.59 Å². The van der Waals surface area contributed by atoms with Crippen LogP contribution in [0, 0.1) is 0 Å². The quantitative estimate of drug-likeness (QED) is 0.210. The summed E-state index contributed by atoms with van der Waals surface area (Å²) in [5.41, 5.74) is 4.79. The first kappa shape index (κ1) is 24.2. The largest absolute Gasteiger partial charge is 0.334 e. The summed E-state index contributed by atoms with van der Waals surface area (Å²) in [5, 5.41) is 19.7. The third kappa shape index (κ3) is 7.81. The summed E-state index contributed by atoms with van der Waals surface area (Å²) in [7, 11) is 0. The normalized spacial score (nSPS) is 10.6. The van der Waals surface area contributed by atoms with Gasteiger partial charge in [-0.25, -0.2) is 9.59 Å². The van der Waals surface area contributed by atoms with Gasteiger partial charge in [-0.05, 0) is 59.7 Å². The Bertz CT molecular complexity index is 1190.